The van der Waals surface area contributed by atoms with Crippen LogP contribution in [-0.4, -0.2) is 23.3 Å². The normalized spacial score (nSPS) is 9.00. The summed E-state index contributed by atoms with van der Waals surface area (Å²) in [4.78, 5) is 3.83. The summed E-state index contributed by atoms with van der Waals surface area (Å²) in [5.74, 6) is 0.304. The van der Waals surface area contributed by atoms with Gasteiger partial charge in [0.2, 0.25) is 5.88 Å². The van der Waals surface area contributed by atoms with Crippen LogP contribution in [0.1, 0.15) is 0 Å². The molecule has 13 heavy (non-hydrogen) atoms. The van der Waals surface area contributed by atoms with Crippen molar-refractivity contribution >= 4 is 23.8 Å². The fraction of sp³-hybridized carbons (Fsp3) is 0.286. The van der Waals surface area contributed by atoms with Crippen molar-refractivity contribution in [3.05, 3.63) is 12.3 Å². The van der Waals surface area contributed by atoms with Crippen LogP contribution in [0.3, 0.4) is 0 Å². The lowest BCUT2D eigenvalue weighted by Crippen LogP contribution is -2.05. The number of pyridine rings is 1. The molecule has 0 aliphatic heterocycles. The van der Waals surface area contributed by atoms with Gasteiger partial charge in [-0.2, -0.15) is 0 Å². The summed E-state index contributed by atoms with van der Waals surface area (Å²) in [7, 11) is 0. The monoisotopic (exact) mass is 205 g/mol. The zero-order chi connectivity index (χ0) is 8.97. The van der Waals surface area contributed by atoms with E-state index in [1.807, 2.05) is 0 Å². The van der Waals surface area contributed by atoms with Gasteiger partial charge in [-0.15, -0.1) is 12.4 Å². The minimum absolute atomic E-state index is 0. The quantitative estimate of drug-likeness (QED) is 0.648. The Bertz CT molecular complexity index is 270. The molecule has 0 unspecified atom stereocenters. The van der Waals surface area contributed by atoms with Gasteiger partial charge in [0.15, 0.2) is 0 Å². The van der Waals surface area contributed by atoms with Gasteiger partial charge in [-0.25, -0.2) is 4.98 Å². The Morgan fingerprint density at radius 2 is 2.15 bits per heavy atom. The summed E-state index contributed by atoms with van der Waals surface area (Å²) in [6.07, 6.45) is 1.45. The molecule has 0 aromatic carbocycles. The van der Waals surface area contributed by atoms with Gasteiger partial charge in [-0.3, -0.25) is 0 Å². The molecular formula is C7H12ClN3O2. The van der Waals surface area contributed by atoms with E-state index in [1.54, 1.807) is 6.07 Å². The van der Waals surface area contributed by atoms with Gasteiger partial charge in [0.1, 0.15) is 6.61 Å². The molecule has 1 aromatic heterocycles. The molecule has 0 radical (unpaired) electrons. The van der Waals surface area contributed by atoms with E-state index in [1.165, 1.54) is 6.20 Å². The highest BCUT2D eigenvalue weighted by Gasteiger charge is 2.00. The number of aromatic nitrogens is 1. The predicted molar refractivity (Wildman–Crippen MR) is 52.9 cm³/mol. The van der Waals surface area contributed by atoms with E-state index in [0.717, 1.165) is 0 Å². The van der Waals surface area contributed by atoms with Crippen molar-refractivity contribution in [3.8, 4) is 5.88 Å². The Morgan fingerprint density at radius 3 is 2.69 bits per heavy atom. The number of hydrogen-bond donors (Lipinski definition) is 3. The summed E-state index contributed by atoms with van der Waals surface area (Å²) in [5.41, 5.74) is 11.8. The molecule has 1 rings (SSSR count). The molecule has 74 valence electrons. The molecule has 1 heterocycles. The van der Waals surface area contributed by atoms with Crippen molar-refractivity contribution in [2.45, 2.75) is 0 Å². The molecule has 0 saturated carbocycles. The van der Waals surface area contributed by atoms with Crippen molar-refractivity contribution in [1.29, 1.82) is 0 Å². The summed E-state index contributed by atoms with van der Waals surface area (Å²) in [6, 6.07) is 1.56. The van der Waals surface area contributed by atoms with Crippen molar-refractivity contribution in [2.75, 3.05) is 24.7 Å². The van der Waals surface area contributed by atoms with E-state index in [0.29, 0.717) is 17.3 Å². The maximum Gasteiger partial charge on any atom is 0.237 e. The predicted octanol–water partition coefficient (Wildman–Crippen LogP) is 0.0389. The summed E-state index contributed by atoms with van der Waals surface area (Å²) < 4.78 is 5.00. The van der Waals surface area contributed by atoms with Crippen molar-refractivity contribution in [2.24, 2.45) is 0 Å². The number of aliphatic hydroxyl groups is 1. The Hall–Kier alpha value is -1.20. The molecule has 5 nitrogen and oxygen atoms in total. The highest BCUT2D eigenvalue weighted by atomic mass is 35.5. The number of ether oxygens (including phenoxy) is 1. The van der Waals surface area contributed by atoms with Gasteiger partial charge < -0.3 is 21.3 Å². The van der Waals surface area contributed by atoms with E-state index in [2.05, 4.69) is 4.98 Å². The molecule has 0 bridgehead atoms. The van der Waals surface area contributed by atoms with Gasteiger partial charge in [-0.05, 0) is 6.07 Å². The zero-order valence-electron chi connectivity index (χ0n) is 6.93. The van der Waals surface area contributed by atoms with Gasteiger partial charge in [0.05, 0.1) is 24.2 Å². The first-order valence-electron chi connectivity index (χ1n) is 3.48. The van der Waals surface area contributed by atoms with Crippen molar-refractivity contribution < 1.29 is 9.84 Å². The molecule has 1 aromatic rings. The van der Waals surface area contributed by atoms with E-state index in [9.17, 15) is 0 Å². The van der Waals surface area contributed by atoms with Crippen LogP contribution in [0.4, 0.5) is 11.4 Å². The molecule has 0 aliphatic rings. The second-order valence-corrected chi connectivity index (χ2v) is 2.24. The average Bonchev–Trinajstić information content (AvgIpc) is 2.03. The van der Waals surface area contributed by atoms with Crippen LogP contribution in [0.5, 0.6) is 5.88 Å². The second-order valence-electron chi connectivity index (χ2n) is 2.24. The third-order valence-electron chi connectivity index (χ3n) is 1.23. The Morgan fingerprint density at radius 1 is 1.46 bits per heavy atom. The summed E-state index contributed by atoms with van der Waals surface area (Å²) >= 11 is 0. The third-order valence-corrected chi connectivity index (χ3v) is 1.23. The van der Waals surface area contributed by atoms with Crippen LogP contribution in [0, 0.1) is 0 Å². The third kappa shape index (κ3) is 3.35. The lowest BCUT2D eigenvalue weighted by atomic mass is 10.4. The highest BCUT2D eigenvalue weighted by Crippen LogP contribution is 2.19. The van der Waals surface area contributed by atoms with Gasteiger partial charge in [0.25, 0.3) is 0 Å². The Balaban J connectivity index is 0.00000144. The van der Waals surface area contributed by atoms with Crippen LogP contribution in [0.25, 0.3) is 0 Å². The molecule has 6 heteroatoms. The molecular weight excluding hydrogens is 194 g/mol. The van der Waals surface area contributed by atoms with Crippen LogP contribution in [0.15, 0.2) is 12.3 Å². The van der Waals surface area contributed by atoms with Crippen molar-refractivity contribution in [1.82, 2.24) is 4.98 Å². The van der Waals surface area contributed by atoms with Crippen molar-refractivity contribution in [3.63, 3.8) is 0 Å². The van der Waals surface area contributed by atoms with Crippen LogP contribution >= 0.6 is 12.4 Å². The molecule has 0 atom stereocenters. The maximum atomic E-state index is 8.45. The van der Waals surface area contributed by atoms with Crippen LogP contribution in [-0.2, 0) is 0 Å². The maximum absolute atomic E-state index is 8.45. The largest absolute Gasteiger partial charge is 0.474 e. The molecule has 0 fully saturated rings. The SMILES string of the molecule is Cl.Nc1cnc(OCCO)c(N)c1. The van der Waals surface area contributed by atoms with Crippen LogP contribution in [0.2, 0.25) is 0 Å². The number of nitrogen functional groups attached to an aromatic ring is 2. The topological polar surface area (TPSA) is 94.4 Å². The number of halogens is 1. The molecule has 0 aliphatic carbocycles. The van der Waals surface area contributed by atoms with E-state index in [4.69, 9.17) is 21.3 Å². The molecule has 5 N–H and O–H groups in total. The zero-order valence-corrected chi connectivity index (χ0v) is 7.75. The summed E-state index contributed by atoms with van der Waals surface area (Å²) in [6.45, 7) is 0.118. The van der Waals surface area contributed by atoms with E-state index in [-0.39, 0.29) is 25.6 Å². The molecule has 0 spiro atoms. The number of rotatable bonds is 3. The lowest BCUT2D eigenvalue weighted by molar-refractivity contribution is 0.197. The molecule has 0 saturated heterocycles. The first-order chi connectivity index (χ1) is 5.74. The first kappa shape index (κ1) is 11.8. The number of aliphatic hydroxyl groups excluding tert-OH is 1. The minimum Gasteiger partial charge on any atom is -0.474 e. The first-order valence-corrected chi connectivity index (χ1v) is 3.48. The van der Waals surface area contributed by atoms with Gasteiger partial charge in [-0.1, -0.05) is 0 Å². The van der Waals surface area contributed by atoms with Gasteiger partial charge >= 0.3 is 0 Å². The highest BCUT2D eigenvalue weighted by molar-refractivity contribution is 5.85. The number of hydrogen-bond acceptors (Lipinski definition) is 5. The van der Waals surface area contributed by atoms with Gasteiger partial charge in [0, 0.05) is 0 Å². The van der Waals surface area contributed by atoms with E-state index < -0.39 is 0 Å². The number of nitrogens with two attached hydrogens (primary N) is 2. The minimum atomic E-state index is -0.0640. The summed E-state index contributed by atoms with van der Waals surface area (Å²) in [5, 5.41) is 8.45. The standard InChI is InChI=1S/C7H11N3O2.ClH/c8-5-3-6(9)7(10-4-5)12-2-1-11;/h3-4,11H,1-2,8-9H2;1H. The fourth-order valence-electron chi connectivity index (χ4n) is 0.749. The lowest BCUT2D eigenvalue weighted by Gasteiger charge is -2.05. The number of anilines is 2. The second kappa shape index (κ2) is 5.45. The van der Waals surface area contributed by atoms with Crippen LogP contribution < -0.4 is 16.2 Å². The Labute approximate surface area is 82.1 Å². The smallest absolute Gasteiger partial charge is 0.237 e. The number of nitrogens with zero attached hydrogens (tertiary/aromatic N) is 1. The van der Waals surface area contributed by atoms with E-state index >= 15 is 0 Å². The average molecular weight is 206 g/mol. The Kier molecular flexibility index (Phi) is 4.94. The fourth-order valence-corrected chi connectivity index (χ4v) is 0.749. The molecule has 0 amide bonds.